The number of halogens is 1. The first-order chi connectivity index (χ1) is 9.29. The van der Waals surface area contributed by atoms with Crippen LogP contribution in [0.25, 0.3) is 11.0 Å². The van der Waals surface area contributed by atoms with Gasteiger partial charge >= 0.3 is 0 Å². The number of amides is 1. The van der Waals surface area contributed by atoms with Crippen molar-refractivity contribution in [3.8, 4) is 0 Å². The predicted octanol–water partition coefficient (Wildman–Crippen LogP) is 2.48. The quantitative estimate of drug-likeness (QED) is 0.894. The van der Waals surface area contributed by atoms with Crippen molar-refractivity contribution >= 4 is 29.3 Å². The van der Waals surface area contributed by atoms with Crippen LogP contribution < -0.4 is 10.6 Å². The molecule has 106 valence electrons. The lowest BCUT2D eigenvalue weighted by molar-refractivity contribution is 0.0931. The fourth-order valence-corrected chi connectivity index (χ4v) is 3.33. The first kappa shape index (κ1) is 13.5. The molecule has 0 aliphatic carbocycles. The normalized spacial score (nSPS) is 27.5. The van der Waals surface area contributed by atoms with Crippen LogP contribution >= 0.6 is 12.4 Å². The van der Waals surface area contributed by atoms with Gasteiger partial charge in [0.25, 0.3) is 5.91 Å². The summed E-state index contributed by atoms with van der Waals surface area (Å²) in [4.78, 5) is 12.3. The minimum absolute atomic E-state index is 0. The van der Waals surface area contributed by atoms with Gasteiger partial charge in [0.1, 0.15) is 5.58 Å². The van der Waals surface area contributed by atoms with E-state index in [-0.39, 0.29) is 24.4 Å². The van der Waals surface area contributed by atoms with Gasteiger partial charge in [-0.2, -0.15) is 0 Å². The second-order valence-corrected chi connectivity index (χ2v) is 5.54. The summed E-state index contributed by atoms with van der Waals surface area (Å²) < 4.78 is 5.34. The molecule has 0 saturated carbocycles. The SMILES string of the molecule is Cl.O=C(N[C@@H]1C[C@H]2CC[C@@H]1N2)c1ccc2ccoc2c1. The number of carbonyl (C=O) groups is 1. The Morgan fingerprint density at radius 1 is 1.30 bits per heavy atom. The molecule has 2 fully saturated rings. The van der Waals surface area contributed by atoms with E-state index in [1.165, 1.54) is 12.8 Å². The minimum Gasteiger partial charge on any atom is -0.464 e. The van der Waals surface area contributed by atoms with E-state index in [0.29, 0.717) is 17.6 Å². The predicted molar refractivity (Wildman–Crippen MR) is 79.3 cm³/mol. The van der Waals surface area contributed by atoms with E-state index < -0.39 is 0 Å². The Hall–Kier alpha value is -1.52. The molecule has 0 radical (unpaired) electrons. The van der Waals surface area contributed by atoms with Gasteiger partial charge in [0, 0.05) is 29.1 Å². The number of nitrogens with one attached hydrogen (secondary N) is 2. The van der Waals surface area contributed by atoms with E-state index >= 15 is 0 Å². The molecule has 2 saturated heterocycles. The number of furan rings is 1. The average molecular weight is 293 g/mol. The van der Waals surface area contributed by atoms with Crippen LogP contribution in [0.1, 0.15) is 29.6 Å². The van der Waals surface area contributed by atoms with Gasteiger partial charge < -0.3 is 15.1 Å². The van der Waals surface area contributed by atoms with Gasteiger partial charge in [-0.3, -0.25) is 4.79 Å². The number of rotatable bonds is 2. The monoisotopic (exact) mass is 292 g/mol. The zero-order valence-corrected chi connectivity index (χ0v) is 11.8. The molecule has 4 nitrogen and oxygen atoms in total. The van der Waals surface area contributed by atoms with Crippen LogP contribution in [0.3, 0.4) is 0 Å². The van der Waals surface area contributed by atoms with Gasteiger partial charge in [-0.1, -0.05) is 6.07 Å². The molecule has 2 N–H and O–H groups in total. The summed E-state index contributed by atoms with van der Waals surface area (Å²) in [5, 5.41) is 7.69. The van der Waals surface area contributed by atoms with Crippen LogP contribution in [0, 0.1) is 0 Å². The van der Waals surface area contributed by atoms with Gasteiger partial charge in [0.15, 0.2) is 0 Å². The number of fused-ring (bicyclic) bond motifs is 3. The van der Waals surface area contributed by atoms with E-state index in [1.54, 1.807) is 6.26 Å². The Morgan fingerprint density at radius 2 is 2.20 bits per heavy atom. The van der Waals surface area contributed by atoms with E-state index in [1.807, 2.05) is 24.3 Å². The summed E-state index contributed by atoms with van der Waals surface area (Å²) in [6, 6.07) is 8.82. The fraction of sp³-hybridized carbons (Fsp3) is 0.400. The lowest BCUT2D eigenvalue weighted by Gasteiger charge is -2.21. The Bertz CT molecular complexity index is 640. The van der Waals surface area contributed by atoms with Crippen molar-refractivity contribution in [2.45, 2.75) is 37.4 Å². The van der Waals surface area contributed by atoms with Crippen LogP contribution in [0.4, 0.5) is 0 Å². The van der Waals surface area contributed by atoms with Gasteiger partial charge in [0.05, 0.1) is 6.26 Å². The van der Waals surface area contributed by atoms with Crippen molar-refractivity contribution in [1.82, 2.24) is 10.6 Å². The molecule has 2 bridgehead atoms. The van der Waals surface area contributed by atoms with Crippen LogP contribution in [-0.4, -0.2) is 24.0 Å². The van der Waals surface area contributed by atoms with Crippen molar-refractivity contribution in [3.63, 3.8) is 0 Å². The highest BCUT2D eigenvalue weighted by molar-refractivity contribution is 5.97. The Morgan fingerprint density at radius 3 is 2.95 bits per heavy atom. The number of hydrogen-bond acceptors (Lipinski definition) is 3. The molecule has 4 rings (SSSR count). The van der Waals surface area contributed by atoms with Crippen molar-refractivity contribution in [3.05, 3.63) is 36.1 Å². The smallest absolute Gasteiger partial charge is 0.251 e. The number of benzene rings is 1. The van der Waals surface area contributed by atoms with E-state index in [0.717, 1.165) is 17.4 Å². The third-order valence-electron chi connectivity index (χ3n) is 4.33. The highest BCUT2D eigenvalue weighted by atomic mass is 35.5. The molecule has 1 aromatic heterocycles. The molecule has 5 heteroatoms. The maximum absolute atomic E-state index is 12.3. The average Bonchev–Trinajstić information content (AvgIpc) is 3.13. The standard InChI is InChI=1S/C15H16N2O2.ClH/c18-15(17-13-8-11-3-4-12(13)16-11)10-2-1-9-5-6-19-14(9)7-10;/h1-2,5-7,11-13,16H,3-4,8H2,(H,17,18);1H/t11-,12+,13-;/m1./s1. The molecular weight excluding hydrogens is 276 g/mol. The van der Waals surface area contributed by atoms with Gasteiger partial charge in [-0.05, 0) is 37.5 Å². The largest absolute Gasteiger partial charge is 0.464 e. The Balaban J connectivity index is 0.00000121. The summed E-state index contributed by atoms with van der Waals surface area (Å²) >= 11 is 0. The number of hydrogen-bond donors (Lipinski definition) is 2. The van der Waals surface area contributed by atoms with Gasteiger partial charge in [-0.25, -0.2) is 0 Å². The molecule has 3 heterocycles. The van der Waals surface area contributed by atoms with Crippen molar-refractivity contribution in [1.29, 1.82) is 0 Å². The van der Waals surface area contributed by atoms with Crippen molar-refractivity contribution < 1.29 is 9.21 Å². The zero-order chi connectivity index (χ0) is 12.8. The van der Waals surface area contributed by atoms with Gasteiger partial charge in [-0.15, -0.1) is 12.4 Å². The van der Waals surface area contributed by atoms with Crippen molar-refractivity contribution in [2.75, 3.05) is 0 Å². The summed E-state index contributed by atoms with van der Waals surface area (Å²) in [7, 11) is 0. The first-order valence-corrected chi connectivity index (χ1v) is 6.84. The molecule has 2 aliphatic heterocycles. The lowest BCUT2D eigenvalue weighted by Crippen LogP contribution is -2.42. The summed E-state index contributed by atoms with van der Waals surface area (Å²) in [5.74, 6) is -0.00218. The highest BCUT2D eigenvalue weighted by Gasteiger charge is 2.39. The first-order valence-electron chi connectivity index (χ1n) is 6.84. The Labute approximate surface area is 123 Å². The van der Waals surface area contributed by atoms with E-state index in [2.05, 4.69) is 10.6 Å². The second-order valence-electron chi connectivity index (χ2n) is 5.54. The third-order valence-corrected chi connectivity index (χ3v) is 4.33. The Kier molecular flexibility index (Phi) is 3.44. The summed E-state index contributed by atoms with van der Waals surface area (Å²) in [6.45, 7) is 0. The maximum Gasteiger partial charge on any atom is 0.251 e. The van der Waals surface area contributed by atoms with Crippen LogP contribution in [0.5, 0.6) is 0 Å². The minimum atomic E-state index is -0.00218. The molecule has 2 aliphatic rings. The topological polar surface area (TPSA) is 54.3 Å². The maximum atomic E-state index is 12.3. The van der Waals surface area contributed by atoms with Crippen LogP contribution in [0.15, 0.2) is 34.9 Å². The molecule has 1 aromatic carbocycles. The van der Waals surface area contributed by atoms with Crippen molar-refractivity contribution in [2.24, 2.45) is 0 Å². The molecule has 2 aromatic rings. The summed E-state index contributed by atoms with van der Waals surface area (Å²) in [5.41, 5.74) is 1.43. The molecule has 1 amide bonds. The molecular formula is C15H17ClN2O2. The zero-order valence-electron chi connectivity index (χ0n) is 11.0. The lowest BCUT2D eigenvalue weighted by atomic mass is 9.95. The van der Waals surface area contributed by atoms with E-state index in [9.17, 15) is 4.79 Å². The van der Waals surface area contributed by atoms with Gasteiger partial charge in [0.2, 0.25) is 0 Å². The summed E-state index contributed by atoms with van der Waals surface area (Å²) in [6.07, 6.45) is 5.12. The molecule has 20 heavy (non-hydrogen) atoms. The fourth-order valence-electron chi connectivity index (χ4n) is 3.33. The van der Waals surface area contributed by atoms with E-state index in [4.69, 9.17) is 4.42 Å². The second kappa shape index (κ2) is 5.11. The highest BCUT2D eigenvalue weighted by Crippen LogP contribution is 2.28. The molecule has 3 atom stereocenters. The number of carbonyl (C=O) groups excluding carboxylic acids is 1. The van der Waals surface area contributed by atoms with Crippen LogP contribution in [-0.2, 0) is 0 Å². The molecule has 0 spiro atoms. The third kappa shape index (κ3) is 2.19. The van der Waals surface area contributed by atoms with Crippen LogP contribution in [0.2, 0.25) is 0 Å². The molecule has 0 unspecified atom stereocenters.